The highest BCUT2D eigenvalue weighted by Crippen LogP contribution is 2.25. The Morgan fingerprint density at radius 3 is 2.59 bits per heavy atom. The minimum absolute atomic E-state index is 0.0101. The van der Waals surface area contributed by atoms with E-state index in [2.05, 4.69) is 15.9 Å². The van der Waals surface area contributed by atoms with Gasteiger partial charge in [0.25, 0.3) is 5.69 Å². The van der Waals surface area contributed by atoms with E-state index < -0.39 is 17.1 Å². The summed E-state index contributed by atoms with van der Waals surface area (Å²) in [5.74, 6) is 0. The molecule has 0 spiro atoms. The molecule has 0 bridgehead atoms. The maximum Gasteiger partial charge on any atom is 0.272 e. The minimum Gasteiger partial charge on any atom is -0.390 e. The number of rotatable bonds is 5. The van der Waals surface area contributed by atoms with Gasteiger partial charge in [-0.25, -0.2) is 0 Å². The summed E-state index contributed by atoms with van der Waals surface area (Å²) in [5, 5.41) is 30.7. The molecule has 0 saturated carbocycles. The van der Waals surface area contributed by atoms with Gasteiger partial charge >= 0.3 is 0 Å². The molecule has 0 saturated heterocycles. The van der Waals surface area contributed by atoms with Crippen LogP contribution in [0.4, 0.5) is 5.69 Å². The molecule has 0 amide bonds. The Morgan fingerprint density at radius 1 is 1.47 bits per heavy atom. The molecule has 5 nitrogen and oxygen atoms in total. The van der Waals surface area contributed by atoms with Gasteiger partial charge in [-0.15, -0.1) is 0 Å². The zero-order valence-corrected chi connectivity index (χ0v) is 10.9. The average Bonchev–Trinajstić information content (AvgIpc) is 2.27. The van der Waals surface area contributed by atoms with Crippen LogP contribution in [0.25, 0.3) is 0 Å². The molecule has 17 heavy (non-hydrogen) atoms. The van der Waals surface area contributed by atoms with E-state index in [9.17, 15) is 20.3 Å². The fourth-order valence-electron chi connectivity index (χ4n) is 1.56. The standard InChI is InChI=1S/C11H14BrNO4/c1-7-6-8(2-3-9(7)13(16)17)11(15)10(14)4-5-12/h2-3,6,10-11,14-15H,4-5H2,1H3. The Kier molecular flexibility index (Phi) is 5.04. The van der Waals surface area contributed by atoms with E-state index in [0.29, 0.717) is 22.9 Å². The van der Waals surface area contributed by atoms with Crippen molar-refractivity contribution in [2.24, 2.45) is 0 Å². The second kappa shape index (κ2) is 6.09. The first-order valence-electron chi connectivity index (χ1n) is 5.14. The van der Waals surface area contributed by atoms with Crippen LogP contribution < -0.4 is 0 Å². The van der Waals surface area contributed by atoms with Gasteiger partial charge in [0, 0.05) is 17.0 Å². The van der Waals surface area contributed by atoms with Crippen LogP contribution in [0, 0.1) is 17.0 Å². The Bertz CT molecular complexity index is 410. The van der Waals surface area contributed by atoms with Crippen molar-refractivity contribution in [3.8, 4) is 0 Å². The first-order valence-corrected chi connectivity index (χ1v) is 6.26. The van der Waals surface area contributed by atoms with Gasteiger partial charge in [0.15, 0.2) is 0 Å². The summed E-state index contributed by atoms with van der Waals surface area (Å²) < 4.78 is 0. The third-order valence-electron chi connectivity index (χ3n) is 2.53. The van der Waals surface area contributed by atoms with Crippen LogP contribution in [0.15, 0.2) is 18.2 Å². The smallest absolute Gasteiger partial charge is 0.272 e. The summed E-state index contributed by atoms with van der Waals surface area (Å²) in [4.78, 5) is 10.2. The zero-order chi connectivity index (χ0) is 13.0. The zero-order valence-electron chi connectivity index (χ0n) is 9.34. The van der Waals surface area contributed by atoms with E-state index >= 15 is 0 Å². The van der Waals surface area contributed by atoms with Gasteiger partial charge in [0.05, 0.1) is 11.0 Å². The normalized spacial score (nSPS) is 14.4. The molecule has 2 N–H and O–H groups in total. The Balaban J connectivity index is 2.93. The largest absolute Gasteiger partial charge is 0.390 e. The first-order chi connectivity index (χ1) is 7.97. The molecule has 0 aromatic heterocycles. The summed E-state index contributed by atoms with van der Waals surface area (Å²) in [5.41, 5.74) is 0.968. The summed E-state index contributed by atoms with van der Waals surface area (Å²) in [6.07, 6.45) is -1.49. The number of halogens is 1. The molecule has 1 aromatic rings. The van der Waals surface area contributed by atoms with Crippen molar-refractivity contribution in [3.05, 3.63) is 39.4 Å². The van der Waals surface area contributed by atoms with Crippen LogP contribution in [-0.4, -0.2) is 26.6 Å². The molecule has 2 unspecified atom stereocenters. The Labute approximate surface area is 107 Å². The van der Waals surface area contributed by atoms with Gasteiger partial charge < -0.3 is 10.2 Å². The van der Waals surface area contributed by atoms with Gasteiger partial charge in [-0.05, 0) is 31.0 Å². The van der Waals surface area contributed by atoms with Crippen LogP contribution in [0.2, 0.25) is 0 Å². The fraction of sp³-hybridized carbons (Fsp3) is 0.455. The molecule has 0 aliphatic rings. The van der Waals surface area contributed by atoms with E-state index in [1.807, 2.05) is 0 Å². The molecular weight excluding hydrogens is 290 g/mol. The molecule has 0 aliphatic heterocycles. The summed E-state index contributed by atoms with van der Waals surface area (Å²) in [6, 6.07) is 4.34. The van der Waals surface area contributed by atoms with E-state index in [0.717, 1.165) is 0 Å². The van der Waals surface area contributed by atoms with Crippen LogP contribution in [-0.2, 0) is 0 Å². The summed E-state index contributed by atoms with van der Waals surface area (Å²) in [6.45, 7) is 1.60. The quantitative estimate of drug-likeness (QED) is 0.495. The van der Waals surface area contributed by atoms with Crippen LogP contribution in [0.1, 0.15) is 23.7 Å². The predicted molar refractivity (Wildman–Crippen MR) is 67.2 cm³/mol. The molecular formula is C11H14BrNO4. The van der Waals surface area contributed by atoms with Crippen LogP contribution in [0.5, 0.6) is 0 Å². The minimum atomic E-state index is -1.02. The fourth-order valence-corrected chi connectivity index (χ4v) is 2.03. The molecule has 0 heterocycles. The summed E-state index contributed by atoms with van der Waals surface area (Å²) >= 11 is 3.18. The lowest BCUT2D eigenvalue weighted by molar-refractivity contribution is -0.385. The predicted octanol–water partition coefficient (Wildman–Crippen LogP) is 2.08. The Morgan fingerprint density at radius 2 is 2.12 bits per heavy atom. The van der Waals surface area contributed by atoms with E-state index in [4.69, 9.17) is 0 Å². The van der Waals surface area contributed by atoms with Crippen molar-refractivity contribution in [3.63, 3.8) is 0 Å². The van der Waals surface area contributed by atoms with Crippen molar-refractivity contribution >= 4 is 21.6 Å². The van der Waals surface area contributed by atoms with Gasteiger partial charge in [0.2, 0.25) is 0 Å². The van der Waals surface area contributed by atoms with Gasteiger partial charge in [-0.1, -0.05) is 15.9 Å². The van der Waals surface area contributed by atoms with Crippen molar-refractivity contribution in [1.29, 1.82) is 0 Å². The Hall–Kier alpha value is -0.980. The van der Waals surface area contributed by atoms with Gasteiger partial charge in [0.1, 0.15) is 6.10 Å². The summed E-state index contributed by atoms with van der Waals surface area (Å²) in [7, 11) is 0. The van der Waals surface area contributed by atoms with E-state index in [1.54, 1.807) is 6.92 Å². The molecule has 1 rings (SSSR count). The lowest BCUT2D eigenvalue weighted by Gasteiger charge is -2.17. The number of nitro benzene ring substituents is 1. The number of alkyl halides is 1. The van der Waals surface area contributed by atoms with E-state index in [-0.39, 0.29) is 5.69 Å². The molecule has 0 radical (unpaired) electrons. The average molecular weight is 304 g/mol. The molecule has 2 atom stereocenters. The highest BCUT2D eigenvalue weighted by atomic mass is 79.9. The number of hydrogen-bond donors (Lipinski definition) is 2. The van der Waals surface area contributed by atoms with Crippen molar-refractivity contribution in [1.82, 2.24) is 0 Å². The van der Waals surface area contributed by atoms with Gasteiger partial charge in [-0.2, -0.15) is 0 Å². The lowest BCUT2D eigenvalue weighted by atomic mass is 10.00. The molecule has 0 aliphatic carbocycles. The number of nitro groups is 1. The first kappa shape index (κ1) is 14.1. The lowest BCUT2D eigenvalue weighted by Crippen LogP contribution is -2.18. The number of aliphatic hydroxyl groups excluding tert-OH is 2. The molecule has 6 heteroatoms. The second-order valence-electron chi connectivity index (χ2n) is 3.79. The van der Waals surface area contributed by atoms with Crippen molar-refractivity contribution in [2.45, 2.75) is 25.6 Å². The SMILES string of the molecule is Cc1cc(C(O)C(O)CCBr)ccc1[N+](=O)[O-]. The number of nitrogens with zero attached hydrogens (tertiary/aromatic N) is 1. The number of hydrogen-bond acceptors (Lipinski definition) is 4. The number of aryl methyl sites for hydroxylation is 1. The molecule has 94 valence electrons. The highest BCUT2D eigenvalue weighted by Gasteiger charge is 2.20. The van der Waals surface area contributed by atoms with E-state index in [1.165, 1.54) is 18.2 Å². The van der Waals surface area contributed by atoms with Crippen LogP contribution >= 0.6 is 15.9 Å². The van der Waals surface area contributed by atoms with Crippen molar-refractivity contribution in [2.75, 3.05) is 5.33 Å². The number of aliphatic hydroxyl groups is 2. The van der Waals surface area contributed by atoms with Crippen LogP contribution in [0.3, 0.4) is 0 Å². The monoisotopic (exact) mass is 303 g/mol. The topological polar surface area (TPSA) is 83.6 Å². The van der Waals surface area contributed by atoms with Crippen molar-refractivity contribution < 1.29 is 15.1 Å². The molecule has 1 aromatic carbocycles. The third-order valence-corrected chi connectivity index (χ3v) is 2.99. The highest BCUT2D eigenvalue weighted by molar-refractivity contribution is 9.09. The second-order valence-corrected chi connectivity index (χ2v) is 4.59. The third kappa shape index (κ3) is 3.49. The molecule has 0 fully saturated rings. The maximum absolute atomic E-state index is 10.6. The van der Waals surface area contributed by atoms with Gasteiger partial charge in [-0.3, -0.25) is 10.1 Å². The number of benzene rings is 1. The maximum atomic E-state index is 10.6.